The van der Waals surface area contributed by atoms with Crippen LogP contribution < -0.4 is 5.32 Å². The third-order valence-corrected chi connectivity index (χ3v) is 15.2. The molecule has 83 heavy (non-hydrogen) atoms. The molecule has 2 heterocycles. The molecule has 12 atom stereocenters. The van der Waals surface area contributed by atoms with Crippen molar-refractivity contribution < 1.29 is 64.6 Å². The summed E-state index contributed by atoms with van der Waals surface area (Å²) in [6.45, 7) is 2.62. The second-order valence-corrected chi connectivity index (χ2v) is 22.5. The molecule has 2 aliphatic rings. The van der Waals surface area contributed by atoms with Crippen molar-refractivity contribution in [1.29, 1.82) is 0 Å². The van der Waals surface area contributed by atoms with Crippen molar-refractivity contribution >= 4 is 5.91 Å². The molecule has 0 aromatic heterocycles. The lowest BCUT2D eigenvalue weighted by molar-refractivity contribution is -0.359. The van der Waals surface area contributed by atoms with E-state index in [0.29, 0.717) is 6.42 Å². The van der Waals surface area contributed by atoms with E-state index in [-0.39, 0.29) is 18.9 Å². The molecule has 0 aliphatic carbocycles. The Bertz CT molecular complexity index is 1810. The SMILES string of the molecule is CC/C=C\C/C=C\C/C=C\C/C=C\C/C=C\C/C=C\C/C=C\C/C=C\CCCCCCCCCCCCCCCCCCC(=O)NC(COC1OC(CO)C(OC2OC(CO)C(O)C(O)C2O)C(O)C1O)C(O)/C=C/CCCCCCCC. The number of allylic oxidation sites excluding steroid dienone is 17. The van der Waals surface area contributed by atoms with E-state index in [0.717, 1.165) is 96.3 Å². The summed E-state index contributed by atoms with van der Waals surface area (Å²) >= 11 is 0. The van der Waals surface area contributed by atoms with Crippen LogP contribution in [0.25, 0.3) is 0 Å². The smallest absolute Gasteiger partial charge is 0.220 e. The molecule has 2 saturated heterocycles. The summed E-state index contributed by atoms with van der Waals surface area (Å²) in [4.78, 5) is 13.2. The van der Waals surface area contributed by atoms with Gasteiger partial charge in [0.1, 0.15) is 48.8 Å². The van der Waals surface area contributed by atoms with Gasteiger partial charge in [-0.2, -0.15) is 0 Å². The lowest BCUT2D eigenvalue weighted by Crippen LogP contribution is -2.65. The molecule has 9 N–H and O–H groups in total. The first-order chi connectivity index (χ1) is 40.6. The fourth-order valence-electron chi connectivity index (χ4n) is 10.0. The topological polar surface area (TPSA) is 228 Å². The summed E-state index contributed by atoms with van der Waals surface area (Å²) in [7, 11) is 0. The summed E-state index contributed by atoms with van der Waals surface area (Å²) in [6, 6.07) is -0.916. The molecule has 0 aromatic carbocycles. The zero-order valence-corrected chi connectivity index (χ0v) is 51.4. The van der Waals surface area contributed by atoms with Gasteiger partial charge in [-0.25, -0.2) is 0 Å². The van der Waals surface area contributed by atoms with Gasteiger partial charge in [0.15, 0.2) is 12.6 Å². The molecular weight excluding hydrogens is 1050 g/mol. The number of carbonyl (C=O) groups is 1. The fraction of sp³-hybridized carbons (Fsp3) is 0.725. The first kappa shape index (κ1) is 75.7. The number of carbonyl (C=O) groups excluding carboxylic acids is 1. The Kier molecular flexibility index (Phi) is 48.3. The van der Waals surface area contributed by atoms with Gasteiger partial charge in [0.05, 0.1) is 32.0 Å². The Morgan fingerprint density at radius 3 is 1.28 bits per heavy atom. The predicted octanol–water partition coefficient (Wildman–Crippen LogP) is 12.4. The quantitative estimate of drug-likeness (QED) is 0.0204. The van der Waals surface area contributed by atoms with Crippen molar-refractivity contribution in [1.82, 2.24) is 5.32 Å². The first-order valence-electron chi connectivity index (χ1n) is 32.6. The standard InChI is InChI=1S/C69H117NO13/c1-3-5-7-9-11-13-14-15-16-17-18-19-20-21-22-23-24-25-26-27-28-29-30-31-32-33-34-35-36-37-38-39-40-41-42-43-44-45-47-49-51-53-61(74)70-57(58(73)52-50-48-46-12-10-8-6-4-2)56-80-68-66(79)64(77)67(60(55-72)82-68)83-69-65(78)63(76)62(75)59(54-71)81-69/h5,7,11,13,15-16,18-19,21-22,24-25,27-28,30-31,50,52,57-60,62-69,71-73,75-79H,3-4,6,8-10,12,14,17,20,23,26,29,32-49,51,53-56H2,1-2H3,(H,70,74)/b7-5-,13-11-,16-15-,19-18-,22-21-,25-24-,28-27-,31-30-,52-50+. The van der Waals surface area contributed by atoms with Crippen LogP contribution in [0.5, 0.6) is 0 Å². The maximum atomic E-state index is 13.2. The van der Waals surface area contributed by atoms with Crippen LogP contribution in [0.1, 0.15) is 226 Å². The van der Waals surface area contributed by atoms with Gasteiger partial charge in [-0.15, -0.1) is 0 Å². The van der Waals surface area contributed by atoms with Gasteiger partial charge in [0.25, 0.3) is 0 Å². The fourth-order valence-corrected chi connectivity index (χ4v) is 10.0. The maximum absolute atomic E-state index is 13.2. The normalized spacial score (nSPS) is 24.6. The lowest BCUT2D eigenvalue weighted by atomic mass is 9.97. The Morgan fingerprint density at radius 1 is 0.446 bits per heavy atom. The van der Waals surface area contributed by atoms with E-state index in [1.54, 1.807) is 6.08 Å². The molecule has 476 valence electrons. The molecule has 2 rings (SSSR count). The summed E-state index contributed by atoms with van der Waals surface area (Å²) in [6.07, 6.45) is 59.0. The van der Waals surface area contributed by atoms with Crippen molar-refractivity contribution in [3.05, 3.63) is 109 Å². The highest BCUT2D eigenvalue weighted by Gasteiger charge is 2.51. The van der Waals surface area contributed by atoms with E-state index < -0.39 is 86.8 Å². The Labute approximate surface area is 502 Å². The van der Waals surface area contributed by atoms with E-state index in [4.69, 9.17) is 18.9 Å². The van der Waals surface area contributed by atoms with E-state index >= 15 is 0 Å². The minimum atomic E-state index is -1.79. The molecule has 0 saturated carbocycles. The Balaban J connectivity index is 1.53. The van der Waals surface area contributed by atoms with E-state index in [1.807, 2.05) is 6.08 Å². The molecule has 0 radical (unpaired) electrons. The largest absolute Gasteiger partial charge is 0.394 e. The van der Waals surface area contributed by atoms with Crippen LogP contribution >= 0.6 is 0 Å². The van der Waals surface area contributed by atoms with Gasteiger partial charge >= 0.3 is 0 Å². The summed E-state index contributed by atoms with van der Waals surface area (Å²) in [5, 5.41) is 86.8. The highest BCUT2D eigenvalue weighted by Crippen LogP contribution is 2.30. The molecule has 2 fully saturated rings. The number of aliphatic hydroxyl groups is 8. The molecule has 0 spiro atoms. The maximum Gasteiger partial charge on any atom is 0.220 e. The molecule has 14 heteroatoms. The minimum absolute atomic E-state index is 0.246. The third-order valence-electron chi connectivity index (χ3n) is 15.2. The van der Waals surface area contributed by atoms with Crippen LogP contribution in [0.4, 0.5) is 0 Å². The second kappa shape index (κ2) is 52.9. The molecule has 1 amide bonds. The average molecular weight is 1170 g/mol. The molecule has 12 unspecified atom stereocenters. The number of aliphatic hydroxyl groups excluding tert-OH is 8. The molecule has 2 aliphatic heterocycles. The molecule has 0 bridgehead atoms. The number of ether oxygens (including phenoxy) is 4. The minimum Gasteiger partial charge on any atom is -0.394 e. The lowest BCUT2D eigenvalue weighted by Gasteiger charge is -2.46. The second-order valence-electron chi connectivity index (χ2n) is 22.5. The van der Waals surface area contributed by atoms with Crippen LogP contribution in [0.15, 0.2) is 109 Å². The van der Waals surface area contributed by atoms with Gasteiger partial charge in [0.2, 0.25) is 5.91 Å². The molecule has 0 aromatic rings. The van der Waals surface area contributed by atoms with Crippen molar-refractivity contribution in [2.45, 2.75) is 299 Å². The number of nitrogens with one attached hydrogen (secondary N) is 1. The highest BCUT2D eigenvalue weighted by molar-refractivity contribution is 5.76. The van der Waals surface area contributed by atoms with Crippen LogP contribution in [0.2, 0.25) is 0 Å². The van der Waals surface area contributed by atoms with Crippen LogP contribution in [0.3, 0.4) is 0 Å². The predicted molar refractivity (Wildman–Crippen MR) is 336 cm³/mol. The number of hydrogen-bond donors (Lipinski definition) is 9. The number of amides is 1. The first-order valence-corrected chi connectivity index (χ1v) is 32.6. The van der Waals surface area contributed by atoms with Gasteiger partial charge in [-0.1, -0.05) is 245 Å². The van der Waals surface area contributed by atoms with Gasteiger partial charge in [0, 0.05) is 6.42 Å². The van der Waals surface area contributed by atoms with Crippen molar-refractivity contribution in [3.63, 3.8) is 0 Å². The van der Waals surface area contributed by atoms with Crippen molar-refractivity contribution in [3.8, 4) is 0 Å². The van der Waals surface area contributed by atoms with Crippen LogP contribution in [-0.2, 0) is 23.7 Å². The summed E-state index contributed by atoms with van der Waals surface area (Å²) < 4.78 is 22.7. The van der Waals surface area contributed by atoms with Crippen molar-refractivity contribution in [2.24, 2.45) is 0 Å². The summed E-state index contributed by atoms with van der Waals surface area (Å²) in [5.74, 6) is -0.246. The van der Waals surface area contributed by atoms with Gasteiger partial charge in [-0.05, 0) is 83.5 Å². The number of rotatable bonds is 51. The van der Waals surface area contributed by atoms with E-state index in [2.05, 4.69) is 116 Å². The highest BCUT2D eigenvalue weighted by atomic mass is 16.7. The van der Waals surface area contributed by atoms with Crippen molar-refractivity contribution in [2.75, 3.05) is 19.8 Å². The van der Waals surface area contributed by atoms with E-state index in [1.165, 1.54) is 103 Å². The zero-order valence-electron chi connectivity index (χ0n) is 51.4. The molecular formula is C69H117NO13. The van der Waals surface area contributed by atoms with Crippen LogP contribution in [-0.4, -0.2) is 140 Å². The zero-order chi connectivity index (χ0) is 60.2. The van der Waals surface area contributed by atoms with E-state index in [9.17, 15) is 45.6 Å². The van der Waals surface area contributed by atoms with Crippen LogP contribution in [0, 0.1) is 0 Å². The third kappa shape index (κ3) is 37.7. The monoisotopic (exact) mass is 1170 g/mol. The Hall–Kier alpha value is -3.35. The number of unbranched alkanes of at least 4 members (excludes halogenated alkanes) is 22. The summed E-state index contributed by atoms with van der Waals surface area (Å²) in [5.41, 5.74) is 0. The molecule has 14 nitrogen and oxygen atoms in total. The van der Waals surface area contributed by atoms with Gasteiger partial charge < -0.3 is 65.1 Å². The van der Waals surface area contributed by atoms with Gasteiger partial charge in [-0.3, -0.25) is 4.79 Å². The number of hydrogen-bond acceptors (Lipinski definition) is 13. The Morgan fingerprint density at radius 2 is 0.831 bits per heavy atom. The average Bonchev–Trinajstić information content (AvgIpc) is 3.45.